The number of hydrogen-bond donors (Lipinski definition) is 0. The number of fused-ring (bicyclic) bond motifs is 2. The van der Waals surface area contributed by atoms with Crippen molar-refractivity contribution < 1.29 is 19.1 Å². The molecular weight excluding hydrogens is 1090 g/mol. The second-order valence-electron chi connectivity index (χ2n) is 23.4. The maximum atomic E-state index is 12.8. The van der Waals surface area contributed by atoms with Crippen molar-refractivity contribution in [2.75, 3.05) is 16.4 Å². The van der Waals surface area contributed by atoms with Gasteiger partial charge in [-0.1, -0.05) is 247 Å². The standard InChI is InChI=1S/C78H96N2O4S2/c1-6-11-14-17-22-26-35-60-43-51-64(52-44-60)79(65-53-45-62(46-54-65)37-28-24-19-20-25-34-59-83-73(81)9-4)77-70-40-32-30-38-68(70)75(85-77)76-69-39-31-33-41-71(69)78(86-76)80(66-55-47-61(48-56-66)36-27-23-18-15-12-7-2)67-57-49-63(50-58-67)72(84-74(82)10-5)42-29-21-16-13-8-3/h9-10,30-33,38-41,43-58,72H,4-8,11-29,34-37,42,59H2,1-3H3. The van der Waals surface area contributed by atoms with Gasteiger partial charge < -0.3 is 19.3 Å². The molecule has 0 bridgehead atoms. The van der Waals surface area contributed by atoms with Gasteiger partial charge in [-0.15, -0.1) is 22.7 Å². The maximum Gasteiger partial charge on any atom is 0.330 e. The first-order valence-electron chi connectivity index (χ1n) is 33.0. The molecule has 0 aliphatic rings. The number of benzene rings is 6. The Morgan fingerprint density at radius 3 is 1.13 bits per heavy atom. The first kappa shape index (κ1) is 65.2. The number of ether oxygens (including phenoxy) is 2. The quantitative estimate of drug-likeness (QED) is 0.0217. The van der Waals surface area contributed by atoms with Crippen molar-refractivity contribution in [1.82, 2.24) is 0 Å². The largest absolute Gasteiger partial charge is 0.463 e. The van der Waals surface area contributed by atoms with Gasteiger partial charge in [0.25, 0.3) is 0 Å². The van der Waals surface area contributed by atoms with Crippen LogP contribution in [0.15, 0.2) is 171 Å². The predicted molar refractivity (Wildman–Crippen MR) is 371 cm³/mol. The lowest BCUT2D eigenvalue weighted by atomic mass is 10.0. The lowest BCUT2D eigenvalue weighted by Crippen LogP contribution is -2.11. The lowest BCUT2D eigenvalue weighted by molar-refractivity contribution is -0.143. The summed E-state index contributed by atoms with van der Waals surface area (Å²) in [5.41, 5.74) is 9.60. The number of thiophene rings is 2. The highest BCUT2D eigenvalue weighted by molar-refractivity contribution is 7.28. The Bertz CT molecular complexity index is 3300. The van der Waals surface area contributed by atoms with Crippen LogP contribution in [0.25, 0.3) is 31.3 Å². The van der Waals surface area contributed by atoms with E-state index in [1.54, 1.807) is 0 Å². The molecule has 454 valence electrons. The molecule has 0 spiro atoms. The monoisotopic (exact) mass is 1190 g/mol. The summed E-state index contributed by atoms with van der Waals surface area (Å²) < 4.78 is 11.2. The summed E-state index contributed by atoms with van der Waals surface area (Å²) in [6, 6.07) is 54.8. The van der Waals surface area contributed by atoms with Gasteiger partial charge >= 0.3 is 11.9 Å². The SMILES string of the molecule is C=CC(=O)OCCCCCCCCc1ccc(N(c2ccc(CCCCCCCC)cc2)c2sc(-c3sc(N(c4ccc(CCCCCCCC)cc4)c4ccc(C(CCCCCCC)OC(=O)C=C)cc4)c4ccccc34)c3ccccc23)cc1. The Kier molecular flexibility index (Phi) is 27.1. The number of rotatable bonds is 40. The number of aryl methyl sites for hydroxylation is 3. The van der Waals surface area contributed by atoms with E-state index in [4.69, 9.17) is 9.47 Å². The summed E-state index contributed by atoms with van der Waals surface area (Å²) in [4.78, 5) is 31.6. The second-order valence-corrected chi connectivity index (χ2v) is 25.4. The highest BCUT2D eigenvalue weighted by Gasteiger charge is 2.27. The second kappa shape index (κ2) is 35.8. The minimum Gasteiger partial charge on any atom is -0.463 e. The molecule has 1 atom stereocenters. The van der Waals surface area contributed by atoms with Gasteiger partial charge in [-0.3, -0.25) is 0 Å². The fourth-order valence-corrected chi connectivity index (χ4v) is 14.7. The minimum atomic E-state index is -0.386. The Balaban J connectivity index is 1.15. The molecule has 8 rings (SSSR count). The number of anilines is 6. The average molecular weight is 1190 g/mol. The van der Waals surface area contributed by atoms with E-state index in [9.17, 15) is 9.59 Å². The fourth-order valence-electron chi connectivity index (χ4n) is 11.9. The molecule has 2 heterocycles. The molecule has 0 N–H and O–H groups in total. The zero-order valence-electron chi connectivity index (χ0n) is 52.1. The molecule has 0 saturated carbocycles. The summed E-state index contributed by atoms with van der Waals surface area (Å²) in [6.07, 6.45) is 33.9. The topological polar surface area (TPSA) is 59.1 Å². The fraction of sp³-hybridized carbons (Fsp3) is 0.410. The van der Waals surface area contributed by atoms with Crippen LogP contribution in [-0.2, 0) is 38.3 Å². The zero-order valence-corrected chi connectivity index (χ0v) is 53.8. The molecule has 0 radical (unpaired) electrons. The van der Waals surface area contributed by atoms with Crippen LogP contribution in [0.4, 0.5) is 32.8 Å². The number of unbranched alkanes of at least 4 members (excludes halogenated alkanes) is 19. The van der Waals surface area contributed by atoms with Crippen molar-refractivity contribution in [2.45, 2.75) is 200 Å². The van der Waals surface area contributed by atoms with E-state index in [0.29, 0.717) is 6.61 Å². The summed E-state index contributed by atoms with van der Waals surface area (Å²) in [5, 5.41) is 7.28. The van der Waals surface area contributed by atoms with Crippen LogP contribution < -0.4 is 9.80 Å². The molecule has 1 unspecified atom stereocenters. The summed E-state index contributed by atoms with van der Waals surface area (Å²) >= 11 is 3.77. The lowest BCUT2D eigenvalue weighted by Gasteiger charge is -2.25. The van der Waals surface area contributed by atoms with Gasteiger partial charge in [0.2, 0.25) is 0 Å². The molecule has 8 heteroatoms. The first-order chi connectivity index (χ1) is 42.3. The van der Waals surface area contributed by atoms with Gasteiger partial charge in [0.05, 0.1) is 16.4 Å². The third-order valence-corrected chi connectivity index (χ3v) is 19.4. The van der Waals surface area contributed by atoms with Gasteiger partial charge in [-0.05, 0) is 129 Å². The molecule has 6 aromatic carbocycles. The van der Waals surface area contributed by atoms with Crippen LogP contribution in [0.5, 0.6) is 0 Å². The van der Waals surface area contributed by atoms with E-state index >= 15 is 0 Å². The highest BCUT2D eigenvalue weighted by atomic mass is 32.1. The molecular formula is C78H96N2O4S2. The maximum absolute atomic E-state index is 12.8. The molecule has 0 aliphatic heterocycles. The molecule has 0 saturated heterocycles. The third-order valence-electron chi connectivity index (χ3n) is 16.8. The smallest absolute Gasteiger partial charge is 0.330 e. The first-order valence-corrected chi connectivity index (χ1v) is 34.6. The summed E-state index contributed by atoms with van der Waals surface area (Å²) in [6.45, 7) is 14.5. The Morgan fingerprint density at radius 1 is 0.407 bits per heavy atom. The van der Waals surface area contributed by atoms with E-state index in [1.807, 2.05) is 22.7 Å². The van der Waals surface area contributed by atoms with Gasteiger partial charge in [0, 0.05) is 56.4 Å². The molecule has 0 amide bonds. The van der Waals surface area contributed by atoms with Crippen molar-refractivity contribution in [1.29, 1.82) is 0 Å². The van der Waals surface area contributed by atoms with Crippen LogP contribution in [0, 0.1) is 0 Å². The number of esters is 2. The Labute approximate surface area is 524 Å². The van der Waals surface area contributed by atoms with Crippen molar-refractivity contribution in [3.05, 3.63) is 193 Å². The number of carbonyl (C=O) groups excluding carboxylic acids is 2. The van der Waals surface area contributed by atoms with Crippen molar-refractivity contribution in [3.8, 4) is 9.75 Å². The third kappa shape index (κ3) is 18.9. The van der Waals surface area contributed by atoms with E-state index in [0.717, 1.165) is 97.5 Å². The minimum absolute atomic E-state index is 0.339. The van der Waals surface area contributed by atoms with E-state index in [-0.39, 0.29) is 18.0 Å². The number of hydrogen-bond acceptors (Lipinski definition) is 8. The van der Waals surface area contributed by atoms with Crippen molar-refractivity contribution in [3.63, 3.8) is 0 Å². The van der Waals surface area contributed by atoms with E-state index < -0.39 is 0 Å². The van der Waals surface area contributed by atoms with E-state index in [2.05, 4.69) is 189 Å². The summed E-state index contributed by atoms with van der Waals surface area (Å²) in [7, 11) is 0. The van der Waals surface area contributed by atoms with Crippen molar-refractivity contribution in [2.24, 2.45) is 0 Å². The zero-order chi connectivity index (χ0) is 60.1. The summed E-state index contributed by atoms with van der Waals surface area (Å²) in [5.74, 6) is -0.725. The number of nitrogens with zero attached hydrogens (tertiary/aromatic N) is 2. The normalized spacial score (nSPS) is 11.7. The Hall–Kier alpha value is -6.74. The number of carbonyl (C=O) groups is 2. The molecule has 0 aliphatic carbocycles. The van der Waals surface area contributed by atoms with Crippen LogP contribution >= 0.6 is 22.7 Å². The van der Waals surface area contributed by atoms with Crippen LogP contribution in [0.2, 0.25) is 0 Å². The highest BCUT2D eigenvalue weighted by Crippen LogP contribution is 2.55. The average Bonchev–Trinajstić information content (AvgIpc) is 1.68. The van der Waals surface area contributed by atoms with Crippen LogP contribution in [0.1, 0.15) is 203 Å². The van der Waals surface area contributed by atoms with Crippen LogP contribution in [-0.4, -0.2) is 18.5 Å². The molecule has 8 aromatic rings. The van der Waals surface area contributed by atoms with Gasteiger partial charge in [-0.2, -0.15) is 0 Å². The van der Waals surface area contributed by atoms with E-state index in [1.165, 1.54) is 174 Å². The molecule has 0 fully saturated rings. The molecule has 6 nitrogen and oxygen atoms in total. The van der Waals surface area contributed by atoms with Crippen LogP contribution in [0.3, 0.4) is 0 Å². The molecule has 2 aromatic heterocycles. The van der Waals surface area contributed by atoms with Crippen molar-refractivity contribution >= 4 is 88.9 Å². The molecule has 86 heavy (non-hydrogen) atoms. The predicted octanol–water partition coefficient (Wildman–Crippen LogP) is 24.3. The van der Waals surface area contributed by atoms with Gasteiger partial charge in [0.15, 0.2) is 0 Å². The van der Waals surface area contributed by atoms with Gasteiger partial charge in [0.1, 0.15) is 16.1 Å². The van der Waals surface area contributed by atoms with Gasteiger partial charge in [-0.25, -0.2) is 9.59 Å². The Morgan fingerprint density at radius 2 is 0.744 bits per heavy atom.